The summed E-state index contributed by atoms with van der Waals surface area (Å²) in [7, 11) is 0. The Morgan fingerprint density at radius 1 is 1.16 bits per heavy atom. The molecule has 164 valence electrons. The minimum absolute atomic E-state index is 0.00599. The Morgan fingerprint density at radius 2 is 1.97 bits per heavy atom. The van der Waals surface area contributed by atoms with E-state index in [1.165, 1.54) is 18.2 Å². The third-order valence-electron chi connectivity index (χ3n) is 4.98. The van der Waals surface area contributed by atoms with Gasteiger partial charge in [-0.3, -0.25) is 9.59 Å². The highest BCUT2D eigenvalue weighted by Crippen LogP contribution is 2.30. The Balaban J connectivity index is 1.48. The number of aryl methyl sites for hydroxylation is 2. The molecule has 2 aromatic heterocycles. The number of amides is 1. The van der Waals surface area contributed by atoms with Crippen molar-refractivity contribution in [2.45, 2.75) is 32.9 Å². The molecule has 3 aromatic rings. The first-order valence-electron chi connectivity index (χ1n) is 9.81. The van der Waals surface area contributed by atoms with Crippen LogP contribution in [0.25, 0.3) is 0 Å². The number of oxime groups is 1. The standard InChI is InChI=1S/C22H19F2N5O3/c1-11-14(4-6-21(30)26-11)20-9-18(29-32-20)17-8-19(28-12(2)27-17)22(31)25-10-13-3-5-15(23)16(24)7-13/h3-8,20H,9-10H2,1-2H3,(H,25,31)(H,26,30)/t20-/m0/s1. The minimum atomic E-state index is -0.983. The highest BCUT2D eigenvalue weighted by atomic mass is 19.2. The molecule has 0 saturated carbocycles. The van der Waals surface area contributed by atoms with Crippen molar-refractivity contribution in [3.05, 3.63) is 92.4 Å². The zero-order valence-corrected chi connectivity index (χ0v) is 17.3. The van der Waals surface area contributed by atoms with Crippen molar-refractivity contribution in [2.75, 3.05) is 0 Å². The molecule has 4 rings (SSSR count). The molecule has 1 amide bonds. The number of pyridine rings is 1. The number of carbonyl (C=O) groups excluding carboxylic acids is 1. The highest BCUT2D eigenvalue weighted by molar-refractivity contribution is 6.02. The number of hydrogen-bond donors (Lipinski definition) is 2. The molecule has 0 spiro atoms. The van der Waals surface area contributed by atoms with E-state index >= 15 is 0 Å². The lowest BCUT2D eigenvalue weighted by atomic mass is 10.0. The summed E-state index contributed by atoms with van der Waals surface area (Å²) in [6.07, 6.45) is 0.0157. The SMILES string of the molecule is Cc1nc(C(=O)NCc2ccc(F)c(F)c2)cc(C2=NO[C@H](c3ccc(=O)[nH]c3C)C2)n1. The molecule has 1 aromatic carbocycles. The average molecular weight is 439 g/mol. The summed E-state index contributed by atoms with van der Waals surface area (Å²) in [6, 6.07) is 8.03. The third kappa shape index (κ3) is 4.53. The summed E-state index contributed by atoms with van der Waals surface area (Å²) < 4.78 is 26.4. The molecule has 10 heteroatoms. The summed E-state index contributed by atoms with van der Waals surface area (Å²) in [6.45, 7) is 3.43. The van der Waals surface area contributed by atoms with Crippen LogP contribution in [-0.4, -0.2) is 26.6 Å². The van der Waals surface area contributed by atoms with Crippen LogP contribution in [0.4, 0.5) is 8.78 Å². The van der Waals surface area contributed by atoms with Crippen molar-refractivity contribution >= 4 is 11.6 Å². The van der Waals surface area contributed by atoms with E-state index in [-0.39, 0.29) is 23.9 Å². The van der Waals surface area contributed by atoms with Gasteiger partial charge >= 0.3 is 0 Å². The van der Waals surface area contributed by atoms with Gasteiger partial charge < -0.3 is 15.1 Å². The van der Waals surface area contributed by atoms with E-state index in [2.05, 4.69) is 25.4 Å². The molecule has 32 heavy (non-hydrogen) atoms. The fourth-order valence-corrected chi connectivity index (χ4v) is 3.39. The van der Waals surface area contributed by atoms with Gasteiger partial charge in [-0.15, -0.1) is 0 Å². The maximum atomic E-state index is 13.4. The smallest absolute Gasteiger partial charge is 0.270 e. The van der Waals surface area contributed by atoms with Crippen molar-refractivity contribution in [2.24, 2.45) is 5.16 Å². The van der Waals surface area contributed by atoms with Gasteiger partial charge in [-0.25, -0.2) is 18.7 Å². The van der Waals surface area contributed by atoms with Crippen LogP contribution in [-0.2, 0) is 11.4 Å². The van der Waals surface area contributed by atoms with Crippen LogP contribution < -0.4 is 10.9 Å². The van der Waals surface area contributed by atoms with Crippen LogP contribution in [0.3, 0.4) is 0 Å². The third-order valence-corrected chi connectivity index (χ3v) is 4.98. The van der Waals surface area contributed by atoms with Crippen LogP contribution in [0.1, 0.15) is 51.4 Å². The van der Waals surface area contributed by atoms with Gasteiger partial charge in [-0.05, 0) is 43.7 Å². The summed E-state index contributed by atoms with van der Waals surface area (Å²) in [5.41, 5.74) is 2.81. The molecule has 8 nitrogen and oxygen atoms in total. The zero-order valence-electron chi connectivity index (χ0n) is 17.3. The van der Waals surface area contributed by atoms with E-state index in [4.69, 9.17) is 4.84 Å². The van der Waals surface area contributed by atoms with Crippen molar-refractivity contribution < 1.29 is 18.4 Å². The molecular weight excluding hydrogens is 420 g/mol. The molecule has 2 N–H and O–H groups in total. The highest BCUT2D eigenvalue weighted by Gasteiger charge is 2.27. The largest absolute Gasteiger partial charge is 0.387 e. The van der Waals surface area contributed by atoms with Gasteiger partial charge in [-0.2, -0.15) is 0 Å². The van der Waals surface area contributed by atoms with E-state index in [0.29, 0.717) is 34.9 Å². The summed E-state index contributed by atoms with van der Waals surface area (Å²) in [5, 5.41) is 6.74. The van der Waals surface area contributed by atoms with Crippen molar-refractivity contribution in [1.29, 1.82) is 0 Å². The lowest BCUT2D eigenvalue weighted by molar-refractivity contribution is 0.0849. The lowest BCUT2D eigenvalue weighted by Crippen LogP contribution is -2.25. The first kappa shape index (κ1) is 21.3. The fraction of sp³-hybridized carbons (Fsp3) is 0.227. The van der Waals surface area contributed by atoms with E-state index in [1.54, 1.807) is 19.9 Å². The number of hydrogen-bond acceptors (Lipinski definition) is 6. The molecule has 1 aliphatic rings. The van der Waals surface area contributed by atoms with Gasteiger partial charge in [0.2, 0.25) is 5.56 Å². The second-order valence-corrected chi connectivity index (χ2v) is 7.36. The molecule has 3 heterocycles. The fourth-order valence-electron chi connectivity index (χ4n) is 3.39. The van der Waals surface area contributed by atoms with Crippen LogP contribution >= 0.6 is 0 Å². The first-order valence-corrected chi connectivity index (χ1v) is 9.81. The number of nitrogens with zero attached hydrogens (tertiary/aromatic N) is 3. The Hall–Kier alpha value is -3.95. The molecule has 0 unspecified atom stereocenters. The second kappa shape index (κ2) is 8.66. The van der Waals surface area contributed by atoms with Crippen LogP contribution in [0.15, 0.2) is 46.3 Å². The molecular formula is C22H19F2N5O3. The van der Waals surface area contributed by atoms with Crippen LogP contribution in [0, 0.1) is 25.5 Å². The summed E-state index contributed by atoms with van der Waals surface area (Å²) in [5.74, 6) is -2.06. The number of halogens is 2. The normalized spacial score (nSPS) is 15.2. The molecule has 0 bridgehead atoms. The van der Waals surface area contributed by atoms with Gasteiger partial charge in [0.25, 0.3) is 5.91 Å². The number of H-pyrrole nitrogens is 1. The van der Waals surface area contributed by atoms with Crippen LogP contribution in [0.5, 0.6) is 0 Å². The minimum Gasteiger partial charge on any atom is -0.387 e. The molecule has 0 saturated heterocycles. The van der Waals surface area contributed by atoms with Gasteiger partial charge in [-0.1, -0.05) is 11.2 Å². The lowest BCUT2D eigenvalue weighted by Gasteiger charge is -2.11. The number of aromatic nitrogens is 3. The van der Waals surface area contributed by atoms with Crippen LogP contribution in [0.2, 0.25) is 0 Å². The van der Waals surface area contributed by atoms with Gasteiger partial charge in [0.1, 0.15) is 17.2 Å². The monoisotopic (exact) mass is 439 g/mol. The number of nitrogens with one attached hydrogen (secondary N) is 2. The molecule has 0 fully saturated rings. The number of carbonyl (C=O) groups is 1. The first-order chi connectivity index (χ1) is 15.3. The number of benzene rings is 1. The van der Waals surface area contributed by atoms with Crippen molar-refractivity contribution in [3.8, 4) is 0 Å². The predicted octanol–water partition coefficient (Wildman–Crippen LogP) is 2.86. The van der Waals surface area contributed by atoms with Gasteiger partial charge in [0.15, 0.2) is 17.7 Å². The quantitative estimate of drug-likeness (QED) is 0.635. The summed E-state index contributed by atoms with van der Waals surface area (Å²) in [4.78, 5) is 40.8. The maximum absolute atomic E-state index is 13.4. The Bertz CT molecular complexity index is 1290. The van der Waals surface area contributed by atoms with Crippen molar-refractivity contribution in [3.63, 3.8) is 0 Å². The van der Waals surface area contributed by atoms with E-state index in [1.807, 2.05) is 0 Å². The van der Waals surface area contributed by atoms with Gasteiger partial charge in [0, 0.05) is 30.3 Å². The molecule has 0 radical (unpaired) electrons. The Kier molecular flexibility index (Phi) is 5.76. The average Bonchev–Trinajstić information content (AvgIpc) is 3.24. The Morgan fingerprint density at radius 3 is 2.72 bits per heavy atom. The molecule has 0 aliphatic carbocycles. The predicted molar refractivity (Wildman–Crippen MR) is 111 cm³/mol. The van der Waals surface area contributed by atoms with E-state index in [9.17, 15) is 18.4 Å². The second-order valence-electron chi connectivity index (χ2n) is 7.36. The van der Waals surface area contributed by atoms with Gasteiger partial charge in [0.05, 0.1) is 5.69 Å². The van der Waals surface area contributed by atoms with E-state index in [0.717, 1.165) is 17.7 Å². The maximum Gasteiger partial charge on any atom is 0.270 e. The molecule has 1 aliphatic heterocycles. The molecule has 1 atom stereocenters. The number of aromatic amines is 1. The van der Waals surface area contributed by atoms with E-state index < -0.39 is 17.5 Å². The summed E-state index contributed by atoms with van der Waals surface area (Å²) >= 11 is 0. The number of rotatable bonds is 5. The van der Waals surface area contributed by atoms with Crippen molar-refractivity contribution in [1.82, 2.24) is 20.3 Å². The Labute approximate surface area is 181 Å². The topological polar surface area (TPSA) is 109 Å². The zero-order chi connectivity index (χ0) is 22.8.